The monoisotopic (exact) mass is 441 g/mol. The minimum atomic E-state index is -3.59. The summed E-state index contributed by atoms with van der Waals surface area (Å²) < 4.78 is 30.5. The van der Waals surface area contributed by atoms with Crippen molar-refractivity contribution < 1.29 is 8.42 Å². The summed E-state index contributed by atoms with van der Waals surface area (Å²) in [5, 5.41) is 0. The van der Waals surface area contributed by atoms with Crippen molar-refractivity contribution in [2.45, 2.75) is 11.8 Å². The Balaban J connectivity index is 1.73. The fourth-order valence-electron chi connectivity index (χ4n) is 3.05. The summed E-state index contributed by atoms with van der Waals surface area (Å²) >= 11 is 0.136. The standard InChI is InChI=1S/C22H19NO2SSe/c1-17-11-13-18(14-12-17)26(24,25)23-16-15-22(20-9-5-6-10-21(20)23)27-19-7-3-2-4-8-19/h2-15H,16H2,1H3. The molecular weight excluding hydrogens is 421 g/mol. The van der Waals surface area contributed by atoms with Crippen LogP contribution in [0.4, 0.5) is 5.69 Å². The summed E-state index contributed by atoms with van der Waals surface area (Å²) in [6, 6.07) is 25.2. The fraction of sp³-hybridized carbons (Fsp3) is 0.0909. The minimum absolute atomic E-state index is 0.136. The predicted octanol–water partition coefficient (Wildman–Crippen LogP) is 3.57. The van der Waals surface area contributed by atoms with Gasteiger partial charge in [0.2, 0.25) is 0 Å². The second-order valence-corrected chi connectivity index (χ2v) is 10.6. The van der Waals surface area contributed by atoms with E-state index in [0.717, 1.165) is 16.8 Å². The maximum atomic E-state index is 13.2. The summed E-state index contributed by atoms with van der Waals surface area (Å²) in [5.41, 5.74) is 2.80. The molecule has 1 aliphatic rings. The molecule has 0 unspecified atom stereocenters. The van der Waals surface area contributed by atoms with Gasteiger partial charge in [0.25, 0.3) is 0 Å². The first-order chi connectivity index (χ1) is 13.1. The van der Waals surface area contributed by atoms with E-state index in [1.54, 1.807) is 12.1 Å². The van der Waals surface area contributed by atoms with Crippen LogP contribution in [0.15, 0.2) is 89.8 Å². The first-order valence-electron chi connectivity index (χ1n) is 8.67. The van der Waals surface area contributed by atoms with E-state index in [2.05, 4.69) is 18.2 Å². The number of fused-ring (bicyclic) bond motifs is 1. The Morgan fingerprint density at radius 3 is 2.26 bits per heavy atom. The Labute approximate surface area is 166 Å². The van der Waals surface area contributed by atoms with Crippen molar-refractivity contribution in [2.75, 3.05) is 10.8 Å². The van der Waals surface area contributed by atoms with Gasteiger partial charge in [0.15, 0.2) is 0 Å². The first-order valence-corrected chi connectivity index (χ1v) is 11.8. The quantitative estimate of drug-likeness (QED) is 0.582. The van der Waals surface area contributed by atoms with E-state index in [0.29, 0.717) is 11.4 Å². The van der Waals surface area contributed by atoms with Crippen LogP contribution in [-0.4, -0.2) is 29.9 Å². The number of hydrogen-bond donors (Lipinski definition) is 0. The van der Waals surface area contributed by atoms with Gasteiger partial charge in [-0.15, -0.1) is 0 Å². The summed E-state index contributed by atoms with van der Waals surface area (Å²) in [7, 11) is -3.59. The third-order valence-corrected chi connectivity index (χ3v) is 8.59. The number of nitrogens with zero attached hydrogens (tertiary/aromatic N) is 1. The molecule has 1 aliphatic heterocycles. The maximum absolute atomic E-state index is 13.2. The molecule has 0 saturated carbocycles. The predicted molar refractivity (Wildman–Crippen MR) is 112 cm³/mol. The van der Waals surface area contributed by atoms with Gasteiger partial charge >= 0.3 is 167 Å². The Hall–Kier alpha value is -2.33. The van der Waals surface area contributed by atoms with Crippen molar-refractivity contribution in [3.63, 3.8) is 0 Å². The normalized spacial score (nSPS) is 13.8. The van der Waals surface area contributed by atoms with Crippen LogP contribution in [0.25, 0.3) is 4.47 Å². The number of benzene rings is 3. The Morgan fingerprint density at radius 2 is 1.52 bits per heavy atom. The van der Waals surface area contributed by atoms with Gasteiger partial charge in [-0.2, -0.15) is 0 Å². The van der Waals surface area contributed by atoms with Crippen LogP contribution >= 0.6 is 0 Å². The van der Waals surface area contributed by atoms with Gasteiger partial charge in [0, 0.05) is 0 Å². The number of sulfonamides is 1. The van der Waals surface area contributed by atoms with Gasteiger partial charge in [-0.1, -0.05) is 0 Å². The van der Waals surface area contributed by atoms with E-state index in [4.69, 9.17) is 0 Å². The SMILES string of the molecule is Cc1ccc(S(=O)(=O)N2CC=C([Se]c3ccccc3)c3ccccc32)cc1. The topological polar surface area (TPSA) is 37.4 Å². The molecule has 0 saturated heterocycles. The molecule has 3 nitrogen and oxygen atoms in total. The van der Waals surface area contributed by atoms with Crippen molar-refractivity contribution >= 4 is 39.6 Å². The van der Waals surface area contributed by atoms with Crippen LogP contribution in [0.5, 0.6) is 0 Å². The van der Waals surface area contributed by atoms with E-state index in [-0.39, 0.29) is 15.0 Å². The molecule has 3 aromatic carbocycles. The van der Waals surface area contributed by atoms with Crippen molar-refractivity contribution in [3.8, 4) is 0 Å². The van der Waals surface area contributed by atoms with Crippen molar-refractivity contribution in [1.82, 2.24) is 0 Å². The third kappa shape index (κ3) is 3.59. The molecule has 0 fully saturated rings. The molecule has 0 spiro atoms. The van der Waals surface area contributed by atoms with Gasteiger partial charge in [0.1, 0.15) is 0 Å². The molecular formula is C22H19NO2SSe. The van der Waals surface area contributed by atoms with E-state index in [1.165, 1.54) is 13.2 Å². The van der Waals surface area contributed by atoms with Gasteiger partial charge in [-0.3, -0.25) is 0 Å². The van der Waals surface area contributed by atoms with E-state index in [9.17, 15) is 8.42 Å². The summed E-state index contributed by atoms with van der Waals surface area (Å²) in [6.07, 6.45) is 2.06. The zero-order valence-corrected chi connectivity index (χ0v) is 17.4. The van der Waals surface area contributed by atoms with Crippen LogP contribution in [0.2, 0.25) is 0 Å². The average molecular weight is 440 g/mol. The van der Waals surface area contributed by atoms with Gasteiger partial charge in [0.05, 0.1) is 0 Å². The van der Waals surface area contributed by atoms with E-state index >= 15 is 0 Å². The van der Waals surface area contributed by atoms with Crippen LogP contribution in [0.3, 0.4) is 0 Å². The van der Waals surface area contributed by atoms with Crippen LogP contribution in [0.1, 0.15) is 11.1 Å². The third-order valence-electron chi connectivity index (χ3n) is 4.46. The molecule has 0 N–H and O–H groups in total. The fourth-order valence-corrected chi connectivity index (χ4v) is 6.55. The van der Waals surface area contributed by atoms with Crippen LogP contribution < -0.4 is 8.77 Å². The van der Waals surface area contributed by atoms with Gasteiger partial charge in [-0.05, 0) is 0 Å². The van der Waals surface area contributed by atoms with Crippen molar-refractivity contribution in [1.29, 1.82) is 0 Å². The Kier molecular flexibility index (Phi) is 4.92. The second kappa shape index (κ2) is 7.35. The molecule has 0 atom stereocenters. The van der Waals surface area contributed by atoms with Crippen LogP contribution in [-0.2, 0) is 10.0 Å². The van der Waals surface area contributed by atoms with Crippen LogP contribution in [0, 0.1) is 6.92 Å². The van der Waals surface area contributed by atoms with E-state index in [1.807, 2.05) is 61.5 Å². The van der Waals surface area contributed by atoms with Crippen molar-refractivity contribution in [2.24, 2.45) is 0 Å². The first kappa shape index (κ1) is 18.1. The molecule has 0 amide bonds. The van der Waals surface area contributed by atoms with E-state index < -0.39 is 10.0 Å². The number of aryl methyl sites for hydroxylation is 1. The number of rotatable bonds is 4. The zero-order chi connectivity index (χ0) is 18.9. The molecule has 3 aromatic rings. The van der Waals surface area contributed by atoms with Gasteiger partial charge in [-0.25, -0.2) is 0 Å². The Morgan fingerprint density at radius 1 is 0.852 bits per heavy atom. The number of anilines is 1. The molecule has 0 aliphatic carbocycles. The molecule has 0 bridgehead atoms. The molecule has 136 valence electrons. The zero-order valence-electron chi connectivity index (χ0n) is 14.9. The summed E-state index contributed by atoms with van der Waals surface area (Å²) in [4.78, 5) is 0.327. The molecule has 4 rings (SSSR count). The summed E-state index contributed by atoms with van der Waals surface area (Å²) in [6.45, 7) is 2.31. The molecule has 1 heterocycles. The van der Waals surface area contributed by atoms with Crippen molar-refractivity contribution in [3.05, 3.63) is 96.1 Å². The summed E-state index contributed by atoms with van der Waals surface area (Å²) in [5.74, 6) is 0. The molecule has 0 radical (unpaired) electrons. The number of hydrogen-bond acceptors (Lipinski definition) is 2. The molecule has 0 aromatic heterocycles. The van der Waals surface area contributed by atoms with Gasteiger partial charge < -0.3 is 0 Å². The number of para-hydroxylation sites is 1. The molecule has 27 heavy (non-hydrogen) atoms. The molecule has 5 heteroatoms. The second-order valence-electron chi connectivity index (χ2n) is 6.35. The Bertz CT molecular complexity index is 1090. The average Bonchev–Trinajstić information content (AvgIpc) is 2.69.